The van der Waals surface area contributed by atoms with Crippen molar-refractivity contribution in [3.8, 4) is 0 Å². The number of aromatic amines is 1. The van der Waals surface area contributed by atoms with Gasteiger partial charge in [0.15, 0.2) is 0 Å². The van der Waals surface area contributed by atoms with E-state index in [2.05, 4.69) is 4.98 Å². The van der Waals surface area contributed by atoms with E-state index >= 15 is 0 Å². The first-order chi connectivity index (χ1) is 7.65. The number of H-pyrrole nitrogens is 1. The van der Waals surface area contributed by atoms with Gasteiger partial charge in [-0.25, -0.2) is 4.79 Å². The standard InChI is InChI=1S/C10H16N2O3S/c1-4-6-15-12-9(16-3)7(5-2)8(13)11-10(12)14/h4-6H2,1-3H3,(H,11,13,14). The molecule has 1 aromatic heterocycles. The molecule has 0 atom stereocenters. The highest BCUT2D eigenvalue weighted by atomic mass is 32.2. The number of hydrogen-bond donors (Lipinski definition) is 1. The van der Waals surface area contributed by atoms with Gasteiger partial charge in [-0.1, -0.05) is 13.8 Å². The van der Waals surface area contributed by atoms with Crippen LogP contribution in [0.25, 0.3) is 0 Å². The predicted molar refractivity (Wildman–Crippen MR) is 64.2 cm³/mol. The largest absolute Gasteiger partial charge is 0.408 e. The van der Waals surface area contributed by atoms with Gasteiger partial charge >= 0.3 is 5.69 Å². The van der Waals surface area contributed by atoms with Crippen molar-refractivity contribution in [1.82, 2.24) is 9.71 Å². The summed E-state index contributed by atoms with van der Waals surface area (Å²) in [4.78, 5) is 30.7. The summed E-state index contributed by atoms with van der Waals surface area (Å²) in [6, 6.07) is 0. The quantitative estimate of drug-likeness (QED) is 0.610. The molecular formula is C10H16N2O3S. The molecule has 1 rings (SSSR count). The average molecular weight is 244 g/mol. The molecule has 1 heterocycles. The lowest BCUT2D eigenvalue weighted by Gasteiger charge is -2.13. The Hall–Kier alpha value is -1.17. The number of nitrogens with one attached hydrogen (secondary N) is 1. The number of hydrogen-bond acceptors (Lipinski definition) is 4. The van der Waals surface area contributed by atoms with Crippen LogP contribution in [0.15, 0.2) is 14.6 Å². The monoisotopic (exact) mass is 244 g/mol. The Morgan fingerprint density at radius 1 is 1.38 bits per heavy atom. The van der Waals surface area contributed by atoms with Crippen molar-refractivity contribution in [2.45, 2.75) is 31.7 Å². The van der Waals surface area contributed by atoms with E-state index in [4.69, 9.17) is 4.84 Å². The first kappa shape index (κ1) is 12.9. The highest BCUT2D eigenvalue weighted by Gasteiger charge is 2.13. The van der Waals surface area contributed by atoms with Gasteiger partial charge in [-0.2, -0.15) is 0 Å². The van der Waals surface area contributed by atoms with Crippen molar-refractivity contribution < 1.29 is 4.84 Å². The maximum atomic E-state index is 11.6. The summed E-state index contributed by atoms with van der Waals surface area (Å²) < 4.78 is 1.18. The van der Waals surface area contributed by atoms with E-state index in [0.717, 1.165) is 6.42 Å². The Kier molecular flexibility index (Phi) is 4.67. The van der Waals surface area contributed by atoms with Gasteiger partial charge in [-0.15, -0.1) is 16.5 Å². The Morgan fingerprint density at radius 2 is 2.06 bits per heavy atom. The van der Waals surface area contributed by atoms with E-state index in [1.165, 1.54) is 16.5 Å². The summed E-state index contributed by atoms with van der Waals surface area (Å²) in [7, 11) is 0. The molecule has 0 bridgehead atoms. The first-order valence-corrected chi connectivity index (χ1v) is 6.43. The topological polar surface area (TPSA) is 64.1 Å². The second-order valence-electron chi connectivity index (χ2n) is 3.23. The molecule has 16 heavy (non-hydrogen) atoms. The zero-order valence-corrected chi connectivity index (χ0v) is 10.5. The van der Waals surface area contributed by atoms with E-state index in [9.17, 15) is 9.59 Å². The molecule has 90 valence electrons. The predicted octanol–water partition coefficient (Wildman–Crippen LogP) is 0.659. The van der Waals surface area contributed by atoms with Gasteiger partial charge in [0.2, 0.25) is 0 Å². The fourth-order valence-electron chi connectivity index (χ4n) is 1.35. The van der Waals surface area contributed by atoms with Crippen LogP contribution in [-0.4, -0.2) is 22.6 Å². The van der Waals surface area contributed by atoms with Crippen molar-refractivity contribution in [2.75, 3.05) is 12.9 Å². The highest BCUT2D eigenvalue weighted by Crippen LogP contribution is 2.14. The molecule has 0 radical (unpaired) electrons. The van der Waals surface area contributed by atoms with Crippen LogP contribution in [0.3, 0.4) is 0 Å². The van der Waals surface area contributed by atoms with Crippen LogP contribution in [0.4, 0.5) is 0 Å². The molecule has 0 unspecified atom stereocenters. The Labute approximate surface area is 97.8 Å². The summed E-state index contributed by atoms with van der Waals surface area (Å²) in [5.41, 5.74) is -0.253. The van der Waals surface area contributed by atoms with Crippen LogP contribution < -0.4 is 16.1 Å². The summed E-state index contributed by atoms with van der Waals surface area (Å²) in [5, 5.41) is 0.588. The van der Waals surface area contributed by atoms with Gasteiger partial charge in [-0.3, -0.25) is 9.78 Å². The lowest BCUT2D eigenvalue weighted by Crippen LogP contribution is -2.37. The SMILES string of the molecule is CCCOn1c(SC)c(CC)c(=O)[nH]c1=O. The lowest BCUT2D eigenvalue weighted by molar-refractivity contribution is 0.0790. The molecule has 1 N–H and O–H groups in total. The van der Waals surface area contributed by atoms with Crippen LogP contribution >= 0.6 is 11.8 Å². The third-order valence-corrected chi connectivity index (χ3v) is 2.89. The Bertz CT molecular complexity index is 464. The maximum absolute atomic E-state index is 11.6. The molecular weight excluding hydrogens is 228 g/mol. The third-order valence-electron chi connectivity index (χ3n) is 2.09. The molecule has 0 saturated carbocycles. The van der Waals surface area contributed by atoms with E-state index < -0.39 is 5.69 Å². The molecule has 5 nitrogen and oxygen atoms in total. The minimum Gasteiger partial charge on any atom is -0.408 e. The molecule has 0 aliphatic heterocycles. The number of nitrogens with zero attached hydrogens (tertiary/aromatic N) is 1. The van der Waals surface area contributed by atoms with Crippen molar-refractivity contribution in [3.63, 3.8) is 0 Å². The molecule has 0 aliphatic rings. The number of aromatic nitrogens is 2. The Morgan fingerprint density at radius 3 is 2.56 bits per heavy atom. The smallest absolute Gasteiger partial charge is 0.362 e. The van der Waals surface area contributed by atoms with E-state index in [1.54, 1.807) is 0 Å². The molecule has 0 saturated heterocycles. The maximum Gasteiger partial charge on any atom is 0.362 e. The van der Waals surface area contributed by atoms with Gasteiger partial charge in [-0.05, 0) is 19.1 Å². The second-order valence-corrected chi connectivity index (χ2v) is 4.02. The summed E-state index contributed by atoms with van der Waals surface area (Å²) in [5.74, 6) is 0. The van der Waals surface area contributed by atoms with Crippen LogP contribution in [0, 0.1) is 0 Å². The second kappa shape index (κ2) is 5.79. The van der Waals surface area contributed by atoms with E-state index in [1.807, 2.05) is 20.1 Å². The van der Waals surface area contributed by atoms with Gasteiger partial charge in [0, 0.05) is 0 Å². The van der Waals surface area contributed by atoms with Gasteiger partial charge in [0.1, 0.15) is 11.6 Å². The lowest BCUT2D eigenvalue weighted by atomic mass is 10.3. The molecule has 0 aliphatic carbocycles. The summed E-state index contributed by atoms with van der Waals surface area (Å²) in [6.45, 7) is 4.28. The Balaban J connectivity index is 3.34. The van der Waals surface area contributed by atoms with Gasteiger partial charge in [0.05, 0.1) is 5.56 Å². The van der Waals surface area contributed by atoms with Crippen molar-refractivity contribution in [2.24, 2.45) is 0 Å². The van der Waals surface area contributed by atoms with Gasteiger partial charge < -0.3 is 4.84 Å². The molecule has 1 aromatic rings. The van der Waals surface area contributed by atoms with Crippen molar-refractivity contribution in [3.05, 3.63) is 26.4 Å². The number of thioether (sulfide) groups is 1. The summed E-state index contributed by atoms with van der Waals surface area (Å²) in [6.07, 6.45) is 3.20. The fraction of sp³-hybridized carbons (Fsp3) is 0.600. The van der Waals surface area contributed by atoms with Crippen LogP contribution in [0.2, 0.25) is 0 Å². The zero-order chi connectivity index (χ0) is 12.1. The van der Waals surface area contributed by atoms with Crippen LogP contribution in [0.5, 0.6) is 0 Å². The number of rotatable bonds is 5. The molecule has 0 fully saturated rings. The van der Waals surface area contributed by atoms with Gasteiger partial charge in [0.25, 0.3) is 5.56 Å². The molecule has 0 amide bonds. The van der Waals surface area contributed by atoms with Crippen LogP contribution in [-0.2, 0) is 6.42 Å². The minimum atomic E-state index is -0.514. The first-order valence-electron chi connectivity index (χ1n) is 5.21. The average Bonchev–Trinajstić information content (AvgIpc) is 2.27. The normalized spacial score (nSPS) is 10.4. The van der Waals surface area contributed by atoms with Crippen molar-refractivity contribution >= 4 is 11.8 Å². The van der Waals surface area contributed by atoms with E-state index in [-0.39, 0.29) is 5.56 Å². The zero-order valence-electron chi connectivity index (χ0n) is 9.70. The molecule has 0 aromatic carbocycles. The minimum absolute atomic E-state index is 0.326. The third kappa shape index (κ3) is 2.49. The molecule has 6 heteroatoms. The molecule has 0 spiro atoms. The van der Waals surface area contributed by atoms with Crippen molar-refractivity contribution in [1.29, 1.82) is 0 Å². The summed E-state index contributed by atoms with van der Waals surface area (Å²) >= 11 is 1.34. The fourth-order valence-corrected chi connectivity index (χ4v) is 2.14. The highest BCUT2D eigenvalue weighted by molar-refractivity contribution is 7.98. The van der Waals surface area contributed by atoms with E-state index in [0.29, 0.717) is 23.6 Å². The van der Waals surface area contributed by atoms with Crippen LogP contribution in [0.1, 0.15) is 25.8 Å².